The van der Waals surface area contributed by atoms with Crippen LogP contribution in [0.3, 0.4) is 0 Å². The van der Waals surface area contributed by atoms with Crippen LogP contribution in [0.2, 0.25) is 0 Å². The van der Waals surface area contributed by atoms with Crippen molar-refractivity contribution in [1.82, 2.24) is 0 Å². The summed E-state index contributed by atoms with van der Waals surface area (Å²) in [5.74, 6) is -0.342. The third kappa shape index (κ3) is 35.2. The minimum atomic E-state index is -4.29. The van der Waals surface area contributed by atoms with E-state index < -0.39 is 13.9 Å². The molecule has 4 atom stereocenters. The summed E-state index contributed by atoms with van der Waals surface area (Å²) in [7, 11) is 1.62. The molecule has 1 rings (SSSR count). The van der Waals surface area contributed by atoms with Gasteiger partial charge in [0.05, 0.1) is 46.2 Å². The summed E-state index contributed by atoms with van der Waals surface area (Å²) in [6.45, 7) is 4.76. The molecule has 324 valence electrons. The van der Waals surface area contributed by atoms with Gasteiger partial charge in [-0.15, -0.1) is 0 Å². The molecule has 10 heteroatoms. The monoisotopic (exact) mass is 809 g/mol. The maximum Gasteiger partial charge on any atom is 0.472 e. The van der Waals surface area contributed by atoms with Gasteiger partial charge >= 0.3 is 13.8 Å². The normalized spacial score (nSPS) is 17.9. The van der Waals surface area contributed by atoms with Gasteiger partial charge in [0.2, 0.25) is 0 Å². The molecule has 1 N–H and O–H groups in total. The molecular weight excluding hydrogens is 725 g/mol. The molecule has 0 spiro atoms. The smallest absolute Gasteiger partial charge is 0.472 e. The first-order valence-electron chi connectivity index (χ1n) is 22.2. The largest absolute Gasteiger partial charge is 0.492 e. The average molecular weight is 809 g/mol. The Kier molecular flexibility index (Phi) is 32.5. The summed E-state index contributed by atoms with van der Waals surface area (Å²) in [5.41, 5.74) is 0. The highest BCUT2D eigenvalue weighted by atomic mass is 31.2. The molecule has 1 aliphatic rings. The Morgan fingerprint density at radius 1 is 0.679 bits per heavy atom. The summed E-state index contributed by atoms with van der Waals surface area (Å²) in [6.07, 6.45) is 46.6. The summed E-state index contributed by atoms with van der Waals surface area (Å²) >= 11 is 0. The Morgan fingerprint density at radius 2 is 1.21 bits per heavy atom. The van der Waals surface area contributed by atoms with Crippen LogP contribution in [0.15, 0.2) is 60.9 Å². The molecule has 1 saturated heterocycles. The van der Waals surface area contributed by atoms with Crippen LogP contribution in [-0.4, -0.2) is 81.2 Å². The van der Waals surface area contributed by atoms with E-state index in [2.05, 4.69) is 62.5 Å². The quantitative estimate of drug-likeness (QED) is 0.0125. The van der Waals surface area contributed by atoms with Crippen molar-refractivity contribution in [2.24, 2.45) is 0 Å². The standard InChI is InChI=1S/C46H82NO8P/c1-6-8-10-12-14-16-18-20-21-22-23-25-27-29-31-33-39-51-43(42-54-56(49,50)53-40-38-47(3,4)5)41-52-46(48)37-34-36-45-44(55-45)35-32-30-28-26-24-19-17-15-13-11-9-7-2/h15,17,20-21,24,26,30,32-33,39,43-45H,6-14,16,18-19,22-23,25,27-29,31,34-38,40-42H2,1-5H3/p+1/b17-15-,21-20-,26-24-,32-30-,39-33+/t43-,44?,45?/m1/s1. The first kappa shape index (κ1) is 52.0. The van der Waals surface area contributed by atoms with Gasteiger partial charge in [-0.05, 0) is 89.5 Å². The van der Waals surface area contributed by atoms with Crippen molar-refractivity contribution < 1.29 is 42.0 Å². The Bertz CT molecular complexity index is 1140. The zero-order valence-corrected chi connectivity index (χ0v) is 37.2. The summed E-state index contributed by atoms with van der Waals surface area (Å²) in [4.78, 5) is 22.8. The maximum absolute atomic E-state index is 12.6. The fourth-order valence-corrected chi connectivity index (χ4v) is 6.65. The zero-order valence-electron chi connectivity index (χ0n) is 36.3. The first-order chi connectivity index (χ1) is 27.1. The van der Waals surface area contributed by atoms with Gasteiger partial charge in [0.1, 0.15) is 19.8 Å². The number of quaternary nitrogens is 1. The number of hydrogen-bond acceptors (Lipinski definition) is 7. The third-order valence-electron chi connectivity index (χ3n) is 9.56. The zero-order chi connectivity index (χ0) is 41.0. The molecule has 0 saturated carbocycles. The van der Waals surface area contributed by atoms with Gasteiger partial charge in [0.15, 0.2) is 6.10 Å². The molecule has 1 fully saturated rings. The van der Waals surface area contributed by atoms with E-state index in [-0.39, 0.29) is 44.4 Å². The number of esters is 1. The minimum absolute atomic E-state index is 0.0731. The number of ether oxygens (including phenoxy) is 3. The Hall–Kier alpha value is -2.00. The molecule has 3 unspecified atom stereocenters. The summed E-state index contributed by atoms with van der Waals surface area (Å²) < 4.78 is 40.6. The van der Waals surface area contributed by atoms with Crippen LogP contribution in [0.4, 0.5) is 0 Å². The first-order valence-corrected chi connectivity index (χ1v) is 23.7. The number of epoxide rings is 1. The second kappa shape index (κ2) is 35.0. The van der Waals surface area contributed by atoms with Crippen molar-refractivity contribution in [3.63, 3.8) is 0 Å². The number of rotatable bonds is 39. The molecule has 0 amide bonds. The van der Waals surface area contributed by atoms with Crippen molar-refractivity contribution in [3.8, 4) is 0 Å². The number of nitrogens with zero attached hydrogens (tertiary/aromatic N) is 1. The van der Waals surface area contributed by atoms with Crippen molar-refractivity contribution >= 4 is 13.8 Å². The van der Waals surface area contributed by atoms with Gasteiger partial charge in [-0.2, -0.15) is 0 Å². The Balaban J connectivity index is 2.32. The van der Waals surface area contributed by atoms with E-state index in [9.17, 15) is 14.3 Å². The van der Waals surface area contributed by atoms with Crippen LogP contribution < -0.4 is 0 Å². The van der Waals surface area contributed by atoms with E-state index in [1.807, 2.05) is 27.2 Å². The molecule has 1 aliphatic heterocycles. The minimum Gasteiger partial charge on any atom is -0.492 e. The van der Waals surface area contributed by atoms with Crippen LogP contribution in [0.5, 0.6) is 0 Å². The Labute approximate surface area is 343 Å². The summed E-state index contributed by atoms with van der Waals surface area (Å²) in [5, 5.41) is 0. The van der Waals surface area contributed by atoms with E-state index in [1.165, 1.54) is 83.5 Å². The molecule has 0 aliphatic carbocycles. The lowest BCUT2D eigenvalue weighted by Crippen LogP contribution is -2.37. The second-order valence-electron chi connectivity index (χ2n) is 16.2. The van der Waals surface area contributed by atoms with Gasteiger partial charge in [0.25, 0.3) is 0 Å². The number of likely N-dealkylation sites (N-methyl/N-ethyl adjacent to an activating group) is 1. The van der Waals surface area contributed by atoms with Crippen LogP contribution in [-0.2, 0) is 32.6 Å². The molecule has 0 radical (unpaired) electrons. The molecule has 0 aromatic carbocycles. The fourth-order valence-electron chi connectivity index (χ4n) is 5.91. The number of carbonyl (C=O) groups excluding carboxylic acids is 1. The predicted octanol–water partition coefficient (Wildman–Crippen LogP) is 12.3. The topological polar surface area (TPSA) is 104 Å². The third-order valence-corrected chi connectivity index (χ3v) is 10.5. The van der Waals surface area contributed by atoms with Crippen LogP contribution >= 0.6 is 7.82 Å². The molecule has 1 heterocycles. The van der Waals surface area contributed by atoms with E-state index in [0.717, 1.165) is 51.4 Å². The van der Waals surface area contributed by atoms with Gasteiger partial charge in [-0.1, -0.05) is 120 Å². The lowest BCUT2D eigenvalue weighted by atomic mass is 10.1. The molecule has 9 nitrogen and oxygen atoms in total. The molecular formula is C46H83NO8P+. The molecule has 0 aromatic rings. The van der Waals surface area contributed by atoms with Gasteiger partial charge < -0.3 is 23.6 Å². The van der Waals surface area contributed by atoms with Gasteiger partial charge in [-0.25, -0.2) is 4.57 Å². The number of allylic oxidation sites excluding steroid dienone is 8. The van der Waals surface area contributed by atoms with Crippen LogP contribution in [0.25, 0.3) is 0 Å². The maximum atomic E-state index is 12.6. The Morgan fingerprint density at radius 3 is 1.86 bits per heavy atom. The summed E-state index contributed by atoms with van der Waals surface area (Å²) in [6, 6.07) is 0. The highest BCUT2D eigenvalue weighted by molar-refractivity contribution is 7.47. The lowest BCUT2D eigenvalue weighted by molar-refractivity contribution is -0.870. The van der Waals surface area contributed by atoms with E-state index >= 15 is 0 Å². The fraction of sp³-hybridized carbons (Fsp3) is 0.761. The molecule has 56 heavy (non-hydrogen) atoms. The van der Waals surface area contributed by atoms with Gasteiger partial charge in [-0.3, -0.25) is 13.8 Å². The van der Waals surface area contributed by atoms with Crippen molar-refractivity contribution in [1.29, 1.82) is 0 Å². The number of hydrogen-bond donors (Lipinski definition) is 1. The van der Waals surface area contributed by atoms with Crippen LogP contribution in [0.1, 0.15) is 162 Å². The van der Waals surface area contributed by atoms with E-state index in [0.29, 0.717) is 17.4 Å². The van der Waals surface area contributed by atoms with E-state index in [4.69, 9.17) is 23.3 Å². The number of unbranched alkanes of at least 4 members (excludes halogenated alkanes) is 14. The number of phosphoric acid groups is 1. The highest BCUT2D eigenvalue weighted by Crippen LogP contribution is 2.43. The number of carbonyl (C=O) groups is 1. The van der Waals surface area contributed by atoms with E-state index in [1.54, 1.807) is 6.26 Å². The highest BCUT2D eigenvalue weighted by Gasteiger charge is 2.36. The van der Waals surface area contributed by atoms with Crippen molar-refractivity contribution in [2.45, 2.75) is 180 Å². The van der Waals surface area contributed by atoms with Crippen LogP contribution in [0, 0.1) is 0 Å². The average Bonchev–Trinajstić information content (AvgIpc) is 3.91. The second-order valence-corrected chi connectivity index (χ2v) is 17.6. The van der Waals surface area contributed by atoms with Gasteiger partial charge in [0, 0.05) is 6.42 Å². The predicted molar refractivity (Wildman–Crippen MR) is 232 cm³/mol. The molecule has 0 aromatic heterocycles. The van der Waals surface area contributed by atoms with Crippen molar-refractivity contribution in [3.05, 3.63) is 60.9 Å². The van der Waals surface area contributed by atoms with Crippen molar-refractivity contribution in [2.75, 3.05) is 47.5 Å². The lowest BCUT2D eigenvalue weighted by Gasteiger charge is -2.24. The SMILES string of the molecule is CCCCC/C=C\C/C=C\C/C=C\CC1OC1CCCC(=O)OC[C@H](COP(=O)(O)OCC[N+](C)(C)C)O/C=C/CCCCCC/C=C\CCCCCCCC. The molecule has 0 bridgehead atoms. The number of phosphoric ester groups is 1.